The van der Waals surface area contributed by atoms with Crippen molar-refractivity contribution >= 4 is 27.3 Å². The van der Waals surface area contributed by atoms with Gasteiger partial charge in [0.15, 0.2) is 0 Å². The van der Waals surface area contributed by atoms with Gasteiger partial charge in [-0.1, -0.05) is 15.9 Å². The quantitative estimate of drug-likeness (QED) is 0.742. The maximum Gasteiger partial charge on any atom is 0.0736 e. The SMILES string of the molecule is CC(O)C(C)(C)Nc1ccc(Br)cc1N. The van der Waals surface area contributed by atoms with Crippen LogP contribution >= 0.6 is 15.9 Å². The molecular formula is C11H17BrN2O. The number of halogens is 1. The maximum absolute atomic E-state index is 9.57. The van der Waals surface area contributed by atoms with Crippen LogP contribution in [0, 0.1) is 0 Å². The van der Waals surface area contributed by atoms with Gasteiger partial charge in [0.2, 0.25) is 0 Å². The van der Waals surface area contributed by atoms with Gasteiger partial charge >= 0.3 is 0 Å². The molecule has 84 valence electrons. The minimum absolute atomic E-state index is 0.401. The minimum Gasteiger partial charge on any atom is -0.397 e. The number of nitrogens with two attached hydrogens (primary N) is 1. The van der Waals surface area contributed by atoms with Crippen molar-refractivity contribution < 1.29 is 5.11 Å². The van der Waals surface area contributed by atoms with Crippen molar-refractivity contribution in [1.82, 2.24) is 0 Å². The number of aliphatic hydroxyl groups excluding tert-OH is 1. The third-order valence-corrected chi connectivity index (χ3v) is 3.01. The van der Waals surface area contributed by atoms with Crippen LogP contribution in [0.2, 0.25) is 0 Å². The van der Waals surface area contributed by atoms with Gasteiger partial charge in [-0.05, 0) is 39.0 Å². The van der Waals surface area contributed by atoms with E-state index in [1.807, 2.05) is 32.0 Å². The van der Waals surface area contributed by atoms with E-state index in [4.69, 9.17) is 5.73 Å². The highest BCUT2D eigenvalue weighted by molar-refractivity contribution is 9.10. The van der Waals surface area contributed by atoms with Crippen LogP contribution in [0.15, 0.2) is 22.7 Å². The average Bonchev–Trinajstić information content (AvgIpc) is 2.09. The molecule has 1 atom stereocenters. The molecule has 0 aliphatic heterocycles. The topological polar surface area (TPSA) is 58.3 Å². The van der Waals surface area contributed by atoms with Crippen LogP contribution in [-0.4, -0.2) is 16.7 Å². The van der Waals surface area contributed by atoms with Crippen LogP contribution in [0.4, 0.5) is 11.4 Å². The molecule has 0 amide bonds. The van der Waals surface area contributed by atoms with E-state index in [0.29, 0.717) is 5.69 Å². The number of benzene rings is 1. The fraction of sp³-hybridized carbons (Fsp3) is 0.455. The van der Waals surface area contributed by atoms with Crippen LogP contribution in [-0.2, 0) is 0 Å². The Hall–Kier alpha value is -0.740. The zero-order valence-corrected chi connectivity index (χ0v) is 10.8. The van der Waals surface area contributed by atoms with Crippen molar-refractivity contribution in [2.45, 2.75) is 32.4 Å². The van der Waals surface area contributed by atoms with Crippen molar-refractivity contribution in [3.63, 3.8) is 0 Å². The fourth-order valence-electron chi connectivity index (χ4n) is 1.10. The Morgan fingerprint density at radius 2 is 2.07 bits per heavy atom. The summed E-state index contributed by atoms with van der Waals surface area (Å²) in [6.07, 6.45) is -0.458. The molecule has 1 aromatic carbocycles. The van der Waals surface area contributed by atoms with Gasteiger partial charge in [-0.3, -0.25) is 0 Å². The third-order valence-electron chi connectivity index (χ3n) is 2.51. The summed E-state index contributed by atoms with van der Waals surface area (Å²) < 4.78 is 0.945. The van der Waals surface area contributed by atoms with Gasteiger partial charge in [0.25, 0.3) is 0 Å². The van der Waals surface area contributed by atoms with Crippen LogP contribution < -0.4 is 11.1 Å². The largest absolute Gasteiger partial charge is 0.397 e. The summed E-state index contributed by atoms with van der Waals surface area (Å²) in [5.74, 6) is 0. The van der Waals surface area contributed by atoms with E-state index in [1.165, 1.54) is 0 Å². The summed E-state index contributed by atoms with van der Waals surface area (Å²) in [6, 6.07) is 5.64. The van der Waals surface area contributed by atoms with E-state index in [-0.39, 0.29) is 0 Å². The maximum atomic E-state index is 9.57. The molecule has 0 saturated heterocycles. The summed E-state index contributed by atoms with van der Waals surface area (Å²) in [5.41, 5.74) is 6.96. The van der Waals surface area contributed by atoms with E-state index in [0.717, 1.165) is 10.2 Å². The molecule has 3 nitrogen and oxygen atoms in total. The zero-order valence-electron chi connectivity index (χ0n) is 9.21. The van der Waals surface area contributed by atoms with Gasteiger partial charge in [-0.2, -0.15) is 0 Å². The lowest BCUT2D eigenvalue weighted by Gasteiger charge is -2.31. The second-order valence-corrected chi connectivity index (χ2v) is 5.17. The smallest absolute Gasteiger partial charge is 0.0736 e. The molecule has 1 aromatic rings. The van der Waals surface area contributed by atoms with Crippen molar-refractivity contribution in [3.8, 4) is 0 Å². The normalized spacial score (nSPS) is 13.7. The Kier molecular flexibility index (Phi) is 3.62. The molecule has 15 heavy (non-hydrogen) atoms. The van der Waals surface area contributed by atoms with Gasteiger partial charge in [0.05, 0.1) is 23.0 Å². The number of hydrogen-bond acceptors (Lipinski definition) is 3. The van der Waals surface area contributed by atoms with Gasteiger partial charge in [0.1, 0.15) is 0 Å². The number of nitrogens with one attached hydrogen (secondary N) is 1. The van der Waals surface area contributed by atoms with Crippen LogP contribution in [0.25, 0.3) is 0 Å². The summed E-state index contributed by atoms with van der Waals surface area (Å²) >= 11 is 3.35. The lowest BCUT2D eigenvalue weighted by atomic mass is 9.98. The lowest BCUT2D eigenvalue weighted by molar-refractivity contribution is 0.133. The summed E-state index contributed by atoms with van der Waals surface area (Å²) in [7, 11) is 0. The molecule has 0 heterocycles. The summed E-state index contributed by atoms with van der Waals surface area (Å²) in [5, 5.41) is 12.8. The lowest BCUT2D eigenvalue weighted by Crippen LogP contribution is -2.42. The second-order valence-electron chi connectivity index (χ2n) is 4.25. The molecule has 0 aliphatic rings. The predicted molar refractivity (Wildman–Crippen MR) is 67.9 cm³/mol. The van der Waals surface area contributed by atoms with Crippen LogP contribution in [0.1, 0.15) is 20.8 Å². The Morgan fingerprint density at radius 3 is 2.53 bits per heavy atom. The number of rotatable bonds is 3. The fourth-order valence-corrected chi connectivity index (χ4v) is 1.48. The molecule has 0 spiro atoms. The van der Waals surface area contributed by atoms with Crippen molar-refractivity contribution in [3.05, 3.63) is 22.7 Å². The van der Waals surface area contributed by atoms with Gasteiger partial charge in [0, 0.05) is 4.47 Å². The van der Waals surface area contributed by atoms with Crippen molar-refractivity contribution in [2.24, 2.45) is 0 Å². The number of anilines is 2. The van der Waals surface area contributed by atoms with Gasteiger partial charge in [-0.15, -0.1) is 0 Å². The first kappa shape index (κ1) is 12.3. The number of nitrogen functional groups attached to an aromatic ring is 1. The highest BCUT2D eigenvalue weighted by Gasteiger charge is 2.24. The van der Waals surface area contributed by atoms with E-state index in [9.17, 15) is 5.11 Å². The first-order chi connectivity index (χ1) is 6.83. The highest BCUT2D eigenvalue weighted by Crippen LogP contribution is 2.26. The summed E-state index contributed by atoms with van der Waals surface area (Å²) in [4.78, 5) is 0. The molecule has 4 N–H and O–H groups in total. The van der Waals surface area contributed by atoms with E-state index in [1.54, 1.807) is 6.92 Å². The Labute approximate surface area is 98.8 Å². The molecule has 0 aromatic heterocycles. The van der Waals surface area contributed by atoms with Crippen molar-refractivity contribution in [1.29, 1.82) is 0 Å². The minimum atomic E-state index is -0.458. The zero-order chi connectivity index (χ0) is 11.6. The number of aliphatic hydroxyl groups is 1. The number of hydrogen-bond donors (Lipinski definition) is 3. The van der Waals surface area contributed by atoms with E-state index < -0.39 is 11.6 Å². The second kappa shape index (κ2) is 4.41. The molecule has 4 heteroatoms. The predicted octanol–water partition coefficient (Wildman–Crippen LogP) is 2.60. The van der Waals surface area contributed by atoms with E-state index in [2.05, 4.69) is 21.2 Å². The Bertz CT molecular complexity index is 350. The Balaban J connectivity index is 2.90. The Morgan fingerprint density at radius 1 is 1.47 bits per heavy atom. The molecular weight excluding hydrogens is 256 g/mol. The van der Waals surface area contributed by atoms with E-state index >= 15 is 0 Å². The van der Waals surface area contributed by atoms with Crippen LogP contribution in [0.5, 0.6) is 0 Å². The first-order valence-corrected chi connectivity index (χ1v) is 5.63. The molecule has 0 bridgehead atoms. The highest BCUT2D eigenvalue weighted by atomic mass is 79.9. The average molecular weight is 273 g/mol. The van der Waals surface area contributed by atoms with Gasteiger partial charge in [-0.25, -0.2) is 0 Å². The molecule has 1 unspecified atom stereocenters. The first-order valence-electron chi connectivity index (χ1n) is 4.84. The third kappa shape index (κ3) is 3.11. The summed E-state index contributed by atoms with van der Waals surface area (Å²) in [6.45, 7) is 5.61. The molecule has 0 saturated carbocycles. The standard InChI is InChI=1S/C11H17BrN2O/c1-7(15)11(2,3)14-10-5-4-8(12)6-9(10)13/h4-7,14-15H,13H2,1-3H3. The molecule has 0 fully saturated rings. The molecule has 0 radical (unpaired) electrons. The molecule has 0 aliphatic carbocycles. The monoisotopic (exact) mass is 272 g/mol. The van der Waals surface area contributed by atoms with Crippen molar-refractivity contribution in [2.75, 3.05) is 11.1 Å². The van der Waals surface area contributed by atoms with Gasteiger partial charge < -0.3 is 16.2 Å². The molecule has 1 rings (SSSR count). The van der Waals surface area contributed by atoms with Crippen LogP contribution in [0.3, 0.4) is 0 Å².